The van der Waals surface area contributed by atoms with E-state index in [1.54, 1.807) is 11.3 Å². The summed E-state index contributed by atoms with van der Waals surface area (Å²) in [5.41, 5.74) is 2.28. The van der Waals surface area contributed by atoms with Gasteiger partial charge in [0, 0.05) is 23.3 Å². The van der Waals surface area contributed by atoms with Gasteiger partial charge in [-0.05, 0) is 44.6 Å². The number of hydrogen-bond acceptors (Lipinski definition) is 3. The van der Waals surface area contributed by atoms with Gasteiger partial charge in [-0.2, -0.15) is 0 Å². The fourth-order valence-electron chi connectivity index (χ4n) is 3.37. The molecule has 2 heterocycles. The van der Waals surface area contributed by atoms with Crippen molar-refractivity contribution >= 4 is 17.2 Å². The van der Waals surface area contributed by atoms with Crippen molar-refractivity contribution in [2.45, 2.75) is 52.2 Å². The Bertz CT molecular complexity index is 501. The maximum atomic E-state index is 12.8. The quantitative estimate of drug-likeness (QED) is 0.796. The molecule has 0 unspecified atom stereocenters. The second-order valence-corrected chi connectivity index (χ2v) is 7.33. The SMILES string of the molecule is C[C@@H]1CCc2c(C(=O)N3C[C@@H](C)O[C@@H](C)C3)csc2C1. The summed E-state index contributed by atoms with van der Waals surface area (Å²) < 4.78 is 5.72. The molecule has 2 aliphatic rings. The lowest BCUT2D eigenvalue weighted by Crippen LogP contribution is -2.48. The molecule has 0 saturated carbocycles. The van der Waals surface area contributed by atoms with Crippen molar-refractivity contribution in [1.82, 2.24) is 4.90 Å². The Morgan fingerprint density at radius 2 is 2.00 bits per heavy atom. The average Bonchev–Trinajstić information content (AvgIpc) is 2.79. The third kappa shape index (κ3) is 2.63. The largest absolute Gasteiger partial charge is 0.372 e. The summed E-state index contributed by atoms with van der Waals surface area (Å²) in [4.78, 5) is 16.2. The zero-order valence-electron chi connectivity index (χ0n) is 12.5. The standard InChI is InChI=1S/C16H23NO2S/c1-10-4-5-13-14(9-20-15(13)6-10)16(18)17-7-11(2)19-12(3)8-17/h9-12H,4-8H2,1-3H3/t10-,11-,12+/m1/s1. The molecule has 1 amide bonds. The number of morpholine rings is 1. The summed E-state index contributed by atoms with van der Waals surface area (Å²) in [6, 6.07) is 0. The van der Waals surface area contributed by atoms with Crippen molar-refractivity contribution in [1.29, 1.82) is 0 Å². The smallest absolute Gasteiger partial charge is 0.255 e. The topological polar surface area (TPSA) is 29.5 Å². The van der Waals surface area contributed by atoms with E-state index in [2.05, 4.69) is 12.3 Å². The van der Waals surface area contributed by atoms with Gasteiger partial charge in [-0.15, -0.1) is 11.3 Å². The molecular weight excluding hydrogens is 270 g/mol. The molecular formula is C16H23NO2S. The van der Waals surface area contributed by atoms with Gasteiger partial charge in [0.25, 0.3) is 5.91 Å². The molecule has 1 saturated heterocycles. The van der Waals surface area contributed by atoms with Crippen LogP contribution >= 0.6 is 11.3 Å². The van der Waals surface area contributed by atoms with Gasteiger partial charge in [-0.3, -0.25) is 4.79 Å². The monoisotopic (exact) mass is 293 g/mol. The Morgan fingerprint density at radius 3 is 2.70 bits per heavy atom. The minimum Gasteiger partial charge on any atom is -0.372 e. The first kappa shape index (κ1) is 14.1. The van der Waals surface area contributed by atoms with E-state index in [0.29, 0.717) is 13.1 Å². The summed E-state index contributed by atoms with van der Waals surface area (Å²) in [5, 5.41) is 2.08. The van der Waals surface area contributed by atoms with Crippen molar-refractivity contribution in [3.63, 3.8) is 0 Å². The van der Waals surface area contributed by atoms with Gasteiger partial charge in [-0.25, -0.2) is 0 Å². The number of rotatable bonds is 1. The van der Waals surface area contributed by atoms with Crippen LogP contribution in [0.15, 0.2) is 5.38 Å². The van der Waals surface area contributed by atoms with E-state index in [1.165, 1.54) is 16.9 Å². The van der Waals surface area contributed by atoms with Crippen LogP contribution in [0.3, 0.4) is 0 Å². The van der Waals surface area contributed by atoms with Crippen molar-refractivity contribution in [3.8, 4) is 0 Å². The summed E-state index contributed by atoms with van der Waals surface area (Å²) in [5.74, 6) is 0.964. The maximum absolute atomic E-state index is 12.8. The number of hydrogen-bond donors (Lipinski definition) is 0. The molecule has 110 valence electrons. The Hall–Kier alpha value is -0.870. The third-order valence-electron chi connectivity index (χ3n) is 4.34. The summed E-state index contributed by atoms with van der Waals surface area (Å²) in [7, 11) is 0. The molecule has 0 radical (unpaired) electrons. The number of carbonyl (C=O) groups excluding carboxylic acids is 1. The number of ether oxygens (including phenoxy) is 1. The highest BCUT2D eigenvalue weighted by molar-refractivity contribution is 7.10. The van der Waals surface area contributed by atoms with Crippen LogP contribution in [-0.4, -0.2) is 36.1 Å². The highest BCUT2D eigenvalue weighted by atomic mass is 32.1. The van der Waals surface area contributed by atoms with Crippen molar-refractivity contribution in [3.05, 3.63) is 21.4 Å². The molecule has 3 atom stereocenters. The van der Waals surface area contributed by atoms with E-state index in [-0.39, 0.29) is 18.1 Å². The van der Waals surface area contributed by atoms with Crippen LogP contribution in [0, 0.1) is 5.92 Å². The second-order valence-electron chi connectivity index (χ2n) is 6.37. The molecule has 3 rings (SSSR count). The Labute approximate surface area is 124 Å². The van der Waals surface area contributed by atoms with E-state index in [9.17, 15) is 4.79 Å². The Balaban J connectivity index is 1.81. The van der Waals surface area contributed by atoms with Gasteiger partial charge in [0.15, 0.2) is 0 Å². The second kappa shape index (κ2) is 5.49. The maximum Gasteiger partial charge on any atom is 0.255 e. The van der Waals surface area contributed by atoms with Gasteiger partial charge in [0.05, 0.1) is 17.8 Å². The number of fused-ring (bicyclic) bond motifs is 1. The van der Waals surface area contributed by atoms with Gasteiger partial charge in [0.2, 0.25) is 0 Å². The zero-order chi connectivity index (χ0) is 14.3. The van der Waals surface area contributed by atoms with Gasteiger partial charge in [-0.1, -0.05) is 6.92 Å². The molecule has 1 fully saturated rings. The highest BCUT2D eigenvalue weighted by Gasteiger charge is 2.30. The van der Waals surface area contributed by atoms with E-state index in [4.69, 9.17) is 4.74 Å². The molecule has 0 spiro atoms. The minimum absolute atomic E-state index is 0.136. The van der Waals surface area contributed by atoms with Crippen LogP contribution in [0.25, 0.3) is 0 Å². The van der Waals surface area contributed by atoms with Crippen molar-refractivity contribution in [2.75, 3.05) is 13.1 Å². The van der Waals surface area contributed by atoms with E-state index >= 15 is 0 Å². The lowest BCUT2D eigenvalue weighted by Gasteiger charge is -2.35. The highest BCUT2D eigenvalue weighted by Crippen LogP contribution is 2.33. The Morgan fingerprint density at radius 1 is 1.30 bits per heavy atom. The molecule has 1 aromatic heterocycles. The van der Waals surface area contributed by atoms with E-state index in [1.807, 2.05) is 18.7 Å². The van der Waals surface area contributed by atoms with Crippen LogP contribution in [-0.2, 0) is 17.6 Å². The van der Waals surface area contributed by atoms with Crippen molar-refractivity contribution in [2.24, 2.45) is 5.92 Å². The molecule has 4 heteroatoms. The minimum atomic E-state index is 0.136. The lowest BCUT2D eigenvalue weighted by molar-refractivity contribution is -0.0586. The molecule has 3 nitrogen and oxygen atoms in total. The fourth-order valence-corrected chi connectivity index (χ4v) is 4.61. The third-order valence-corrected chi connectivity index (χ3v) is 5.39. The molecule has 1 aliphatic carbocycles. The van der Waals surface area contributed by atoms with Crippen LogP contribution < -0.4 is 0 Å². The first-order chi connectivity index (χ1) is 9.54. The Kier molecular flexibility index (Phi) is 3.87. The van der Waals surface area contributed by atoms with E-state index < -0.39 is 0 Å². The number of amides is 1. The molecule has 0 aromatic carbocycles. The summed E-state index contributed by atoms with van der Waals surface area (Å²) in [6.45, 7) is 7.81. The lowest BCUT2D eigenvalue weighted by atomic mass is 9.88. The molecule has 0 N–H and O–H groups in total. The van der Waals surface area contributed by atoms with Crippen LogP contribution in [0.2, 0.25) is 0 Å². The summed E-state index contributed by atoms with van der Waals surface area (Å²) >= 11 is 1.77. The number of thiophene rings is 1. The van der Waals surface area contributed by atoms with E-state index in [0.717, 1.165) is 24.3 Å². The van der Waals surface area contributed by atoms with Crippen LogP contribution in [0.4, 0.5) is 0 Å². The van der Waals surface area contributed by atoms with Crippen molar-refractivity contribution < 1.29 is 9.53 Å². The van der Waals surface area contributed by atoms with Crippen LogP contribution in [0.5, 0.6) is 0 Å². The molecule has 1 aliphatic heterocycles. The number of nitrogens with zero attached hydrogens (tertiary/aromatic N) is 1. The normalized spacial score (nSPS) is 30.1. The summed E-state index contributed by atoms with van der Waals surface area (Å²) in [6.07, 6.45) is 3.69. The average molecular weight is 293 g/mol. The number of carbonyl (C=O) groups is 1. The fraction of sp³-hybridized carbons (Fsp3) is 0.688. The first-order valence-electron chi connectivity index (χ1n) is 7.58. The molecule has 0 bridgehead atoms. The molecule has 1 aromatic rings. The zero-order valence-corrected chi connectivity index (χ0v) is 13.3. The van der Waals surface area contributed by atoms with Crippen LogP contribution in [0.1, 0.15) is 48.0 Å². The first-order valence-corrected chi connectivity index (χ1v) is 8.46. The van der Waals surface area contributed by atoms with Gasteiger partial charge in [0.1, 0.15) is 0 Å². The molecule has 20 heavy (non-hydrogen) atoms. The predicted octanol–water partition coefficient (Wildman–Crippen LogP) is 3.12. The predicted molar refractivity (Wildman–Crippen MR) is 81.4 cm³/mol. The van der Waals surface area contributed by atoms with Gasteiger partial charge >= 0.3 is 0 Å². The van der Waals surface area contributed by atoms with Gasteiger partial charge < -0.3 is 9.64 Å².